The van der Waals surface area contributed by atoms with Crippen LogP contribution in [0.2, 0.25) is 0 Å². The van der Waals surface area contributed by atoms with Crippen LogP contribution in [0, 0.1) is 13.8 Å². The summed E-state index contributed by atoms with van der Waals surface area (Å²) < 4.78 is 7.62. The molecule has 0 aliphatic rings. The van der Waals surface area contributed by atoms with Crippen LogP contribution >= 0.6 is 31.9 Å². The van der Waals surface area contributed by atoms with E-state index in [-0.39, 0.29) is 12.5 Å². The van der Waals surface area contributed by atoms with Crippen molar-refractivity contribution in [2.75, 3.05) is 11.9 Å². The molecule has 0 radical (unpaired) electrons. The number of benzene rings is 2. The van der Waals surface area contributed by atoms with Gasteiger partial charge in [-0.1, -0.05) is 35.3 Å². The van der Waals surface area contributed by atoms with Gasteiger partial charge in [0, 0.05) is 8.95 Å². The molecule has 0 saturated carbocycles. The molecule has 3 nitrogen and oxygen atoms in total. The molecule has 0 unspecified atom stereocenters. The molecule has 1 N–H and O–H groups in total. The quantitative estimate of drug-likeness (QED) is 0.526. The number of ether oxygens (including phenoxy) is 1. The van der Waals surface area contributed by atoms with Crippen LogP contribution in [0.4, 0.5) is 5.69 Å². The van der Waals surface area contributed by atoms with Crippen molar-refractivity contribution in [2.24, 2.45) is 0 Å². The molecule has 0 aromatic heterocycles. The van der Waals surface area contributed by atoms with E-state index in [4.69, 9.17) is 4.74 Å². The van der Waals surface area contributed by atoms with Crippen LogP contribution in [-0.2, 0) is 11.2 Å². The Morgan fingerprint density at radius 3 is 2.40 bits per heavy atom. The van der Waals surface area contributed by atoms with E-state index in [0.717, 1.165) is 44.4 Å². The minimum atomic E-state index is -0.177. The molecule has 0 aliphatic carbocycles. The molecule has 0 fully saturated rings. The largest absolute Gasteiger partial charge is 0.483 e. The van der Waals surface area contributed by atoms with Gasteiger partial charge in [0.05, 0.1) is 5.69 Å². The number of carbonyl (C=O) groups excluding carboxylic acids is 1. The molecule has 25 heavy (non-hydrogen) atoms. The summed E-state index contributed by atoms with van der Waals surface area (Å²) in [6, 6.07) is 10.0. The number of unbranched alkanes of at least 4 members (excludes halogenated alkanes) is 1. The monoisotopic (exact) mass is 467 g/mol. The minimum Gasteiger partial charge on any atom is -0.483 e. The first-order chi connectivity index (χ1) is 11.9. The highest BCUT2D eigenvalue weighted by molar-refractivity contribution is 9.10. The lowest BCUT2D eigenvalue weighted by molar-refractivity contribution is -0.118. The molecule has 0 aliphatic heterocycles. The molecule has 0 spiro atoms. The normalized spacial score (nSPS) is 10.6. The van der Waals surface area contributed by atoms with Gasteiger partial charge in [-0.15, -0.1) is 0 Å². The lowest BCUT2D eigenvalue weighted by atomic mass is 10.1. The minimum absolute atomic E-state index is 0.0205. The number of carbonyl (C=O) groups is 1. The van der Waals surface area contributed by atoms with Crippen molar-refractivity contribution in [1.29, 1.82) is 0 Å². The van der Waals surface area contributed by atoms with Crippen LogP contribution < -0.4 is 10.1 Å². The van der Waals surface area contributed by atoms with Crippen LogP contribution in [0.5, 0.6) is 5.75 Å². The van der Waals surface area contributed by atoms with Crippen molar-refractivity contribution in [3.63, 3.8) is 0 Å². The van der Waals surface area contributed by atoms with E-state index >= 15 is 0 Å². The molecule has 0 saturated heterocycles. The predicted molar refractivity (Wildman–Crippen MR) is 110 cm³/mol. The van der Waals surface area contributed by atoms with Gasteiger partial charge in [0.1, 0.15) is 5.75 Å². The second-order valence-electron chi connectivity index (χ2n) is 6.12. The molecule has 5 heteroatoms. The van der Waals surface area contributed by atoms with Gasteiger partial charge in [0.25, 0.3) is 5.91 Å². The van der Waals surface area contributed by atoms with E-state index in [2.05, 4.69) is 56.2 Å². The lowest BCUT2D eigenvalue weighted by Gasteiger charge is -2.13. The van der Waals surface area contributed by atoms with Crippen molar-refractivity contribution >= 4 is 43.5 Å². The third kappa shape index (κ3) is 5.86. The van der Waals surface area contributed by atoms with Crippen molar-refractivity contribution in [3.8, 4) is 5.75 Å². The maximum Gasteiger partial charge on any atom is 0.262 e. The number of hydrogen-bond donors (Lipinski definition) is 1. The van der Waals surface area contributed by atoms with Crippen LogP contribution in [0.1, 0.15) is 36.5 Å². The number of nitrogens with one attached hydrogen (secondary N) is 1. The summed E-state index contributed by atoms with van der Waals surface area (Å²) in [5.74, 6) is 0.580. The highest BCUT2D eigenvalue weighted by Crippen LogP contribution is 2.28. The van der Waals surface area contributed by atoms with E-state index in [0.29, 0.717) is 0 Å². The van der Waals surface area contributed by atoms with Crippen molar-refractivity contribution in [1.82, 2.24) is 0 Å². The predicted octanol–water partition coefficient (Wildman–Crippen LogP) is 6.19. The number of hydrogen-bond acceptors (Lipinski definition) is 2. The average molecular weight is 469 g/mol. The van der Waals surface area contributed by atoms with Crippen molar-refractivity contribution in [3.05, 3.63) is 56.0 Å². The fourth-order valence-corrected chi connectivity index (χ4v) is 3.86. The third-order valence-electron chi connectivity index (χ3n) is 3.90. The molecular formula is C20H23Br2NO2. The number of rotatable bonds is 7. The van der Waals surface area contributed by atoms with Crippen LogP contribution in [0.15, 0.2) is 39.3 Å². The van der Waals surface area contributed by atoms with Crippen LogP contribution in [-0.4, -0.2) is 12.5 Å². The maximum absolute atomic E-state index is 12.2. The topological polar surface area (TPSA) is 38.3 Å². The Morgan fingerprint density at radius 2 is 1.80 bits per heavy atom. The van der Waals surface area contributed by atoms with Gasteiger partial charge in [0.15, 0.2) is 6.61 Å². The number of anilines is 1. The van der Waals surface area contributed by atoms with E-state index in [1.807, 2.05) is 32.0 Å². The maximum atomic E-state index is 12.2. The van der Waals surface area contributed by atoms with Gasteiger partial charge in [-0.05, 0) is 83.6 Å². The zero-order chi connectivity index (χ0) is 18.4. The van der Waals surface area contributed by atoms with Crippen LogP contribution in [0.3, 0.4) is 0 Å². The van der Waals surface area contributed by atoms with Crippen molar-refractivity contribution in [2.45, 2.75) is 40.0 Å². The number of aryl methyl sites for hydroxylation is 3. The van der Waals surface area contributed by atoms with Gasteiger partial charge in [0.2, 0.25) is 0 Å². The molecule has 1 amide bonds. The average Bonchev–Trinajstić information content (AvgIpc) is 2.54. The Kier molecular flexibility index (Phi) is 7.51. The summed E-state index contributed by atoms with van der Waals surface area (Å²) in [6.07, 6.45) is 3.38. The van der Waals surface area contributed by atoms with E-state index in [9.17, 15) is 4.79 Å². The first kappa shape index (κ1) is 20.0. The van der Waals surface area contributed by atoms with Crippen molar-refractivity contribution < 1.29 is 9.53 Å². The summed E-state index contributed by atoms with van der Waals surface area (Å²) >= 11 is 6.99. The molecule has 0 heterocycles. The summed E-state index contributed by atoms with van der Waals surface area (Å²) in [4.78, 5) is 12.2. The van der Waals surface area contributed by atoms with Gasteiger partial charge >= 0.3 is 0 Å². The van der Waals surface area contributed by atoms with E-state index < -0.39 is 0 Å². The fraction of sp³-hybridized carbons (Fsp3) is 0.350. The van der Waals surface area contributed by atoms with E-state index in [1.54, 1.807) is 0 Å². The first-order valence-corrected chi connectivity index (χ1v) is 9.97. The Hall–Kier alpha value is -1.33. The first-order valence-electron chi connectivity index (χ1n) is 8.38. The SMILES string of the molecule is CCCCc1ccc(NC(=O)COc2c(C)cc(Br)cc2C)c(Br)c1. The zero-order valence-corrected chi connectivity index (χ0v) is 18.0. The smallest absolute Gasteiger partial charge is 0.262 e. The summed E-state index contributed by atoms with van der Waals surface area (Å²) in [7, 11) is 0. The van der Waals surface area contributed by atoms with Gasteiger partial charge in [-0.25, -0.2) is 0 Å². The second kappa shape index (κ2) is 9.39. The highest BCUT2D eigenvalue weighted by Gasteiger charge is 2.10. The standard InChI is InChI=1S/C20H23Br2NO2/c1-4-5-6-15-7-8-18(17(22)11-15)23-19(24)12-25-20-13(2)9-16(21)10-14(20)3/h7-11H,4-6,12H2,1-3H3,(H,23,24). The summed E-state index contributed by atoms with van der Waals surface area (Å²) in [5, 5.41) is 2.89. The Labute approximate surface area is 166 Å². The summed E-state index contributed by atoms with van der Waals surface area (Å²) in [5.41, 5.74) is 4.03. The molecule has 0 atom stereocenters. The Morgan fingerprint density at radius 1 is 1.12 bits per heavy atom. The zero-order valence-electron chi connectivity index (χ0n) is 14.8. The fourth-order valence-electron chi connectivity index (χ4n) is 2.65. The molecule has 134 valence electrons. The summed E-state index contributed by atoms with van der Waals surface area (Å²) in [6.45, 7) is 6.10. The van der Waals surface area contributed by atoms with Gasteiger partial charge in [-0.2, -0.15) is 0 Å². The van der Waals surface area contributed by atoms with Gasteiger partial charge < -0.3 is 10.1 Å². The molecular weight excluding hydrogens is 446 g/mol. The molecule has 2 rings (SSSR count). The Balaban J connectivity index is 1.97. The van der Waals surface area contributed by atoms with E-state index in [1.165, 1.54) is 12.0 Å². The third-order valence-corrected chi connectivity index (χ3v) is 5.01. The van der Waals surface area contributed by atoms with Gasteiger partial charge in [-0.3, -0.25) is 4.79 Å². The number of amides is 1. The lowest BCUT2D eigenvalue weighted by Crippen LogP contribution is -2.21. The molecule has 0 bridgehead atoms. The molecule has 2 aromatic carbocycles. The highest BCUT2D eigenvalue weighted by atomic mass is 79.9. The number of halogens is 2. The second-order valence-corrected chi connectivity index (χ2v) is 7.89. The molecule has 2 aromatic rings. The Bertz CT molecular complexity index is 736. The van der Waals surface area contributed by atoms with Crippen LogP contribution in [0.25, 0.3) is 0 Å².